The highest BCUT2D eigenvalue weighted by Gasteiger charge is 2.22. The number of halogens is 1. The summed E-state index contributed by atoms with van der Waals surface area (Å²) in [5.41, 5.74) is 2.25. The quantitative estimate of drug-likeness (QED) is 0.186. The fourth-order valence-corrected chi connectivity index (χ4v) is 4.44. The Labute approximate surface area is 240 Å². The van der Waals surface area contributed by atoms with Crippen LogP contribution in [0.2, 0.25) is 0 Å². The van der Waals surface area contributed by atoms with Crippen LogP contribution in [0, 0.1) is 0 Å². The molecule has 0 saturated heterocycles. The van der Waals surface area contributed by atoms with E-state index in [4.69, 9.17) is 9.47 Å². The molecule has 0 unspecified atom stereocenters. The molecule has 0 radical (unpaired) electrons. The van der Waals surface area contributed by atoms with Gasteiger partial charge in [0, 0.05) is 49.2 Å². The van der Waals surface area contributed by atoms with E-state index in [-0.39, 0.29) is 25.0 Å². The Balaban J connectivity index is 1.68. The van der Waals surface area contributed by atoms with Crippen LogP contribution in [-0.4, -0.2) is 65.6 Å². The third-order valence-corrected chi connectivity index (χ3v) is 6.91. The van der Waals surface area contributed by atoms with Crippen LogP contribution in [0.5, 0.6) is 5.75 Å². The zero-order valence-electron chi connectivity index (χ0n) is 23.1. The molecule has 1 aromatic heterocycles. The first-order valence-electron chi connectivity index (χ1n) is 13.7. The average Bonchev–Trinajstić information content (AvgIpc) is 3.39. The summed E-state index contributed by atoms with van der Waals surface area (Å²) in [7, 11) is 0. The molecular weight excluding hydrogens is 558 g/mol. The Hall–Kier alpha value is -3.10. The molecule has 3 rings (SSSR count). The fraction of sp³-hybridized carbons (Fsp3) is 0.419. The van der Waals surface area contributed by atoms with Gasteiger partial charge in [-0.2, -0.15) is 0 Å². The van der Waals surface area contributed by atoms with Gasteiger partial charge in [0.1, 0.15) is 5.75 Å². The minimum absolute atomic E-state index is 0.0141. The third-order valence-electron chi connectivity index (χ3n) is 6.38. The van der Waals surface area contributed by atoms with Crippen molar-refractivity contribution < 1.29 is 19.1 Å². The summed E-state index contributed by atoms with van der Waals surface area (Å²) < 4.78 is 14.4. The highest BCUT2D eigenvalue weighted by atomic mass is 79.9. The maximum Gasteiger partial charge on any atom is 0.260 e. The summed E-state index contributed by atoms with van der Waals surface area (Å²) in [6, 6.07) is 21.6. The number of para-hydroxylation sites is 1. The normalized spacial score (nSPS) is 10.8. The lowest BCUT2D eigenvalue weighted by atomic mass is 10.2. The van der Waals surface area contributed by atoms with Crippen LogP contribution in [-0.2, 0) is 27.4 Å². The molecule has 210 valence electrons. The maximum absolute atomic E-state index is 13.6. The number of ether oxygens (including phenoxy) is 2. The van der Waals surface area contributed by atoms with Crippen LogP contribution in [0.25, 0.3) is 0 Å². The van der Waals surface area contributed by atoms with Gasteiger partial charge in [-0.05, 0) is 61.7 Å². The average molecular weight is 599 g/mol. The molecular formula is C31H40BrN3O4. The van der Waals surface area contributed by atoms with Crippen molar-refractivity contribution in [3.8, 4) is 5.75 Å². The number of benzene rings is 2. The van der Waals surface area contributed by atoms with Gasteiger partial charge in [0.05, 0.1) is 13.1 Å². The predicted octanol–water partition coefficient (Wildman–Crippen LogP) is 5.76. The van der Waals surface area contributed by atoms with E-state index >= 15 is 0 Å². The molecule has 0 aliphatic carbocycles. The van der Waals surface area contributed by atoms with Crippen molar-refractivity contribution >= 4 is 27.7 Å². The molecule has 2 aromatic carbocycles. The summed E-state index contributed by atoms with van der Waals surface area (Å²) in [4.78, 5) is 30.2. The Bertz CT molecular complexity index is 1130. The minimum atomic E-state index is -0.210. The van der Waals surface area contributed by atoms with E-state index in [1.807, 2.05) is 66.6 Å². The van der Waals surface area contributed by atoms with Gasteiger partial charge >= 0.3 is 0 Å². The number of hydrogen-bond donors (Lipinski definition) is 0. The van der Waals surface area contributed by atoms with Crippen LogP contribution in [0.1, 0.15) is 44.4 Å². The molecule has 0 aliphatic rings. The molecule has 0 N–H and O–H groups in total. The van der Waals surface area contributed by atoms with Crippen molar-refractivity contribution in [2.45, 2.75) is 46.2 Å². The van der Waals surface area contributed by atoms with E-state index < -0.39 is 0 Å². The third kappa shape index (κ3) is 10.5. The lowest BCUT2D eigenvalue weighted by molar-refractivity contribution is -0.142. The Kier molecular flexibility index (Phi) is 13.1. The molecule has 0 bridgehead atoms. The van der Waals surface area contributed by atoms with Gasteiger partial charge in [-0.15, -0.1) is 0 Å². The van der Waals surface area contributed by atoms with E-state index in [0.29, 0.717) is 45.0 Å². The van der Waals surface area contributed by atoms with Gasteiger partial charge in [-0.25, -0.2) is 0 Å². The Morgan fingerprint density at radius 3 is 2.33 bits per heavy atom. The predicted molar refractivity (Wildman–Crippen MR) is 158 cm³/mol. The molecule has 0 saturated carbocycles. The molecule has 7 nitrogen and oxygen atoms in total. The number of carbonyl (C=O) groups is 2. The summed E-state index contributed by atoms with van der Waals surface area (Å²) in [5, 5.41) is 0. The molecule has 2 amide bonds. The van der Waals surface area contributed by atoms with Crippen molar-refractivity contribution in [1.29, 1.82) is 0 Å². The molecule has 8 heteroatoms. The molecule has 3 aromatic rings. The summed E-state index contributed by atoms with van der Waals surface area (Å²) >= 11 is 3.49. The van der Waals surface area contributed by atoms with Gasteiger partial charge in [-0.3, -0.25) is 9.59 Å². The van der Waals surface area contributed by atoms with Gasteiger partial charge in [0.25, 0.3) is 5.91 Å². The molecule has 0 aliphatic heterocycles. The number of unbranched alkanes of at least 4 members (excludes halogenated alkanes) is 1. The second-order valence-electron chi connectivity index (χ2n) is 9.39. The van der Waals surface area contributed by atoms with Crippen LogP contribution < -0.4 is 4.74 Å². The van der Waals surface area contributed by atoms with E-state index in [0.717, 1.165) is 29.6 Å². The molecule has 1 heterocycles. The molecule has 0 spiro atoms. The zero-order valence-corrected chi connectivity index (χ0v) is 24.6. The van der Waals surface area contributed by atoms with Crippen molar-refractivity contribution in [2.24, 2.45) is 0 Å². The van der Waals surface area contributed by atoms with E-state index in [9.17, 15) is 9.59 Å². The first kappa shape index (κ1) is 30.4. The van der Waals surface area contributed by atoms with E-state index in [2.05, 4.69) is 45.6 Å². The van der Waals surface area contributed by atoms with Gasteiger partial charge in [-0.1, -0.05) is 59.6 Å². The smallest absolute Gasteiger partial charge is 0.260 e. The maximum atomic E-state index is 13.6. The Morgan fingerprint density at radius 2 is 1.62 bits per heavy atom. The van der Waals surface area contributed by atoms with E-state index in [1.54, 1.807) is 4.90 Å². The van der Waals surface area contributed by atoms with Crippen molar-refractivity contribution in [1.82, 2.24) is 14.4 Å². The molecule has 39 heavy (non-hydrogen) atoms. The Morgan fingerprint density at radius 1 is 0.872 bits per heavy atom. The van der Waals surface area contributed by atoms with Crippen LogP contribution >= 0.6 is 15.9 Å². The number of hydrogen-bond acceptors (Lipinski definition) is 4. The highest BCUT2D eigenvalue weighted by Crippen LogP contribution is 2.15. The monoisotopic (exact) mass is 597 g/mol. The second kappa shape index (κ2) is 16.8. The van der Waals surface area contributed by atoms with Crippen molar-refractivity contribution in [3.63, 3.8) is 0 Å². The highest BCUT2D eigenvalue weighted by molar-refractivity contribution is 9.10. The minimum Gasteiger partial charge on any atom is -0.484 e. The van der Waals surface area contributed by atoms with Crippen LogP contribution in [0.4, 0.5) is 0 Å². The van der Waals surface area contributed by atoms with Gasteiger partial charge < -0.3 is 23.8 Å². The fourth-order valence-electron chi connectivity index (χ4n) is 4.18. The number of amides is 2. The van der Waals surface area contributed by atoms with Crippen molar-refractivity contribution in [3.05, 3.63) is 88.7 Å². The first-order valence-corrected chi connectivity index (χ1v) is 14.5. The summed E-state index contributed by atoms with van der Waals surface area (Å²) in [6.07, 6.45) is 4.58. The van der Waals surface area contributed by atoms with E-state index in [1.165, 1.54) is 5.56 Å². The number of nitrogens with zero attached hydrogens (tertiary/aromatic N) is 3. The first-order chi connectivity index (χ1) is 19.0. The van der Waals surface area contributed by atoms with Crippen molar-refractivity contribution in [2.75, 3.05) is 39.5 Å². The van der Waals surface area contributed by atoms with Crippen LogP contribution in [0.3, 0.4) is 0 Å². The number of aromatic nitrogens is 1. The van der Waals surface area contributed by atoms with Gasteiger partial charge in [0.2, 0.25) is 5.91 Å². The SMILES string of the molecule is CCCCN(Cc1cccn1Cc1ccc(Br)cc1)C(=O)CN(CCCOCC)C(=O)COc1ccccc1. The van der Waals surface area contributed by atoms with Crippen LogP contribution in [0.15, 0.2) is 77.4 Å². The summed E-state index contributed by atoms with van der Waals surface area (Å²) in [5.74, 6) is 0.352. The topological polar surface area (TPSA) is 64.0 Å². The standard InChI is InChI=1S/C31H40BrN3O4/c1-3-5-18-34(23-28-11-9-19-33(28)22-26-14-16-27(32)17-15-26)30(36)24-35(20-10-21-38-4-2)31(37)25-39-29-12-7-6-8-13-29/h6-9,11-17,19H,3-5,10,18,20-25H2,1-2H3. The molecule has 0 atom stereocenters. The molecule has 0 fully saturated rings. The zero-order chi connectivity index (χ0) is 27.9. The lowest BCUT2D eigenvalue weighted by Crippen LogP contribution is -2.45. The van der Waals surface area contributed by atoms with Gasteiger partial charge in [0.15, 0.2) is 6.61 Å². The lowest BCUT2D eigenvalue weighted by Gasteiger charge is -2.28. The number of carbonyl (C=O) groups excluding carboxylic acids is 2. The number of rotatable bonds is 17. The largest absolute Gasteiger partial charge is 0.484 e. The second-order valence-corrected chi connectivity index (χ2v) is 10.3. The summed E-state index contributed by atoms with van der Waals surface area (Å²) in [6.45, 7) is 7.41.